The third-order valence-electron chi connectivity index (χ3n) is 5.12. The largest absolute Gasteiger partial charge is 0.377 e. The summed E-state index contributed by atoms with van der Waals surface area (Å²) >= 11 is 0. The zero-order valence-electron chi connectivity index (χ0n) is 14.2. The highest BCUT2D eigenvalue weighted by Gasteiger charge is 2.48. The molecule has 6 nitrogen and oxygen atoms in total. The monoisotopic (exact) mass is 354 g/mol. The van der Waals surface area contributed by atoms with Crippen LogP contribution in [0.15, 0.2) is 24.5 Å². The van der Waals surface area contributed by atoms with Gasteiger partial charge in [0.25, 0.3) is 0 Å². The van der Waals surface area contributed by atoms with E-state index < -0.39 is 10.0 Å². The standard InChI is InChI=1S/C17H26N2O4S/c1-2-24(20,21)19-10-6-16-17(13-19,7-3-11-23-16)14-22-12-15-4-8-18-9-5-15/h4-5,8-9,16H,2-3,6-7,10-14H2,1H3/t16-,17-/m0/s1. The number of aromatic nitrogens is 1. The molecule has 0 saturated carbocycles. The molecule has 0 bridgehead atoms. The summed E-state index contributed by atoms with van der Waals surface area (Å²) in [6.07, 6.45) is 6.24. The van der Waals surface area contributed by atoms with Crippen LogP contribution in [-0.2, 0) is 26.1 Å². The molecule has 134 valence electrons. The normalized spacial score (nSPS) is 28.5. The number of rotatable bonds is 6. The van der Waals surface area contributed by atoms with Crippen molar-refractivity contribution in [3.63, 3.8) is 0 Å². The predicted octanol–water partition coefficient (Wildman–Crippen LogP) is 1.82. The van der Waals surface area contributed by atoms with E-state index in [1.807, 2.05) is 12.1 Å². The first-order valence-corrected chi connectivity index (χ1v) is 10.2. The minimum absolute atomic E-state index is 0.0898. The van der Waals surface area contributed by atoms with Crippen LogP contribution < -0.4 is 0 Å². The van der Waals surface area contributed by atoms with Gasteiger partial charge in [0.15, 0.2) is 0 Å². The average Bonchev–Trinajstić information content (AvgIpc) is 2.62. The van der Waals surface area contributed by atoms with E-state index in [-0.39, 0.29) is 17.3 Å². The van der Waals surface area contributed by atoms with Gasteiger partial charge in [-0.2, -0.15) is 0 Å². The van der Waals surface area contributed by atoms with Crippen molar-refractivity contribution in [3.8, 4) is 0 Å². The van der Waals surface area contributed by atoms with Crippen LogP contribution in [0, 0.1) is 5.41 Å². The van der Waals surface area contributed by atoms with Crippen molar-refractivity contribution in [3.05, 3.63) is 30.1 Å². The Hall–Kier alpha value is -1.02. The van der Waals surface area contributed by atoms with Gasteiger partial charge in [0.05, 0.1) is 25.1 Å². The molecule has 1 aromatic rings. The van der Waals surface area contributed by atoms with Crippen LogP contribution in [0.5, 0.6) is 0 Å². The molecule has 0 aromatic carbocycles. The lowest BCUT2D eigenvalue weighted by Crippen LogP contribution is -2.58. The second-order valence-electron chi connectivity index (χ2n) is 6.70. The Morgan fingerprint density at radius 1 is 1.42 bits per heavy atom. The molecule has 2 atom stereocenters. The van der Waals surface area contributed by atoms with Gasteiger partial charge in [-0.05, 0) is 43.9 Å². The van der Waals surface area contributed by atoms with Gasteiger partial charge >= 0.3 is 0 Å². The summed E-state index contributed by atoms with van der Waals surface area (Å²) in [6, 6.07) is 3.86. The zero-order chi connectivity index (χ0) is 17.0. The van der Waals surface area contributed by atoms with Crippen LogP contribution in [0.25, 0.3) is 0 Å². The topological polar surface area (TPSA) is 68.7 Å². The van der Waals surface area contributed by atoms with Crippen LogP contribution in [0.1, 0.15) is 31.7 Å². The first kappa shape index (κ1) is 17.8. The summed E-state index contributed by atoms with van der Waals surface area (Å²) < 4.78 is 38.2. The molecule has 1 aromatic heterocycles. The smallest absolute Gasteiger partial charge is 0.213 e. The minimum Gasteiger partial charge on any atom is -0.377 e. The lowest BCUT2D eigenvalue weighted by Gasteiger charge is -2.49. The van der Waals surface area contributed by atoms with E-state index in [0.717, 1.165) is 31.4 Å². The Bertz CT molecular complexity index is 637. The Morgan fingerprint density at radius 3 is 2.96 bits per heavy atom. The van der Waals surface area contributed by atoms with Crippen molar-refractivity contribution in [1.82, 2.24) is 9.29 Å². The van der Waals surface area contributed by atoms with Crippen molar-refractivity contribution in [1.29, 1.82) is 0 Å². The van der Waals surface area contributed by atoms with E-state index in [9.17, 15) is 8.42 Å². The first-order valence-electron chi connectivity index (χ1n) is 8.62. The molecule has 0 spiro atoms. The zero-order valence-corrected chi connectivity index (χ0v) is 15.0. The highest BCUT2D eigenvalue weighted by atomic mass is 32.2. The Labute approximate surface area is 144 Å². The Kier molecular flexibility index (Phi) is 5.54. The fourth-order valence-electron chi connectivity index (χ4n) is 3.73. The van der Waals surface area contributed by atoms with Crippen molar-refractivity contribution in [2.75, 3.05) is 32.1 Å². The van der Waals surface area contributed by atoms with Crippen molar-refractivity contribution in [2.45, 2.75) is 38.9 Å². The Balaban J connectivity index is 1.69. The predicted molar refractivity (Wildman–Crippen MR) is 91.0 cm³/mol. The fraction of sp³-hybridized carbons (Fsp3) is 0.706. The summed E-state index contributed by atoms with van der Waals surface area (Å²) in [5, 5.41) is 0. The molecule has 2 fully saturated rings. The van der Waals surface area contributed by atoms with E-state index in [2.05, 4.69) is 4.98 Å². The number of sulfonamides is 1. The van der Waals surface area contributed by atoms with E-state index in [1.165, 1.54) is 0 Å². The minimum atomic E-state index is -3.17. The second-order valence-corrected chi connectivity index (χ2v) is 8.95. The summed E-state index contributed by atoms with van der Waals surface area (Å²) in [6.45, 7) is 4.55. The average molecular weight is 354 g/mol. The van der Waals surface area contributed by atoms with Gasteiger partial charge in [-0.3, -0.25) is 4.98 Å². The molecular formula is C17H26N2O4S. The molecule has 2 aliphatic rings. The maximum atomic E-state index is 12.3. The second kappa shape index (κ2) is 7.47. The van der Waals surface area contributed by atoms with Gasteiger partial charge in [-0.1, -0.05) is 0 Å². The van der Waals surface area contributed by atoms with Crippen LogP contribution >= 0.6 is 0 Å². The number of ether oxygens (including phenoxy) is 2. The van der Waals surface area contributed by atoms with Gasteiger partial charge in [0.2, 0.25) is 10.0 Å². The van der Waals surface area contributed by atoms with Gasteiger partial charge in [0, 0.05) is 37.5 Å². The lowest BCUT2D eigenvalue weighted by molar-refractivity contribution is -0.144. The van der Waals surface area contributed by atoms with Crippen LogP contribution in [0.2, 0.25) is 0 Å². The maximum absolute atomic E-state index is 12.3. The number of nitrogens with zero attached hydrogens (tertiary/aromatic N) is 2. The summed E-state index contributed by atoms with van der Waals surface area (Å²) in [4.78, 5) is 4.01. The molecule has 7 heteroatoms. The number of hydrogen-bond acceptors (Lipinski definition) is 5. The van der Waals surface area contributed by atoms with Crippen LogP contribution in [0.4, 0.5) is 0 Å². The van der Waals surface area contributed by atoms with Crippen LogP contribution in [-0.4, -0.2) is 55.9 Å². The molecule has 0 unspecified atom stereocenters. The number of hydrogen-bond donors (Lipinski definition) is 0. The van der Waals surface area contributed by atoms with Crippen molar-refractivity contribution >= 4 is 10.0 Å². The number of piperidine rings is 1. The molecule has 3 heterocycles. The van der Waals surface area contributed by atoms with Crippen molar-refractivity contribution in [2.24, 2.45) is 5.41 Å². The number of pyridine rings is 1. The lowest BCUT2D eigenvalue weighted by atomic mass is 9.73. The van der Waals surface area contributed by atoms with Gasteiger partial charge < -0.3 is 9.47 Å². The van der Waals surface area contributed by atoms with Gasteiger partial charge in [-0.15, -0.1) is 0 Å². The number of fused-ring (bicyclic) bond motifs is 1. The fourth-order valence-corrected chi connectivity index (χ4v) is 4.93. The Morgan fingerprint density at radius 2 is 2.21 bits per heavy atom. The summed E-state index contributed by atoms with van der Waals surface area (Å²) in [5.41, 5.74) is 0.842. The third-order valence-corrected chi connectivity index (χ3v) is 6.95. The van der Waals surface area contributed by atoms with E-state index in [4.69, 9.17) is 9.47 Å². The molecule has 0 N–H and O–H groups in total. The van der Waals surface area contributed by atoms with Crippen LogP contribution in [0.3, 0.4) is 0 Å². The van der Waals surface area contributed by atoms with E-state index >= 15 is 0 Å². The highest BCUT2D eigenvalue weighted by Crippen LogP contribution is 2.41. The molecule has 0 amide bonds. The van der Waals surface area contributed by atoms with Crippen molar-refractivity contribution < 1.29 is 17.9 Å². The quantitative estimate of drug-likeness (QED) is 0.779. The molecule has 0 aliphatic carbocycles. The first-order chi connectivity index (χ1) is 11.6. The van der Waals surface area contributed by atoms with E-state index in [1.54, 1.807) is 23.6 Å². The maximum Gasteiger partial charge on any atom is 0.213 e. The van der Waals surface area contributed by atoms with Gasteiger partial charge in [0.1, 0.15) is 0 Å². The molecule has 2 aliphatic heterocycles. The molecular weight excluding hydrogens is 328 g/mol. The molecule has 3 rings (SSSR count). The summed E-state index contributed by atoms with van der Waals surface area (Å²) in [5.74, 6) is 0.145. The SMILES string of the molecule is CCS(=O)(=O)N1CC[C@@H]2OCCC[C@@]2(COCc2ccncc2)C1. The summed E-state index contributed by atoms with van der Waals surface area (Å²) in [7, 11) is -3.17. The molecule has 24 heavy (non-hydrogen) atoms. The molecule has 0 radical (unpaired) electrons. The molecule has 2 saturated heterocycles. The third kappa shape index (κ3) is 3.79. The van der Waals surface area contributed by atoms with Gasteiger partial charge in [-0.25, -0.2) is 12.7 Å². The highest BCUT2D eigenvalue weighted by molar-refractivity contribution is 7.89. The van der Waals surface area contributed by atoms with E-state index in [0.29, 0.717) is 26.3 Å².